The molecular formula is C15H25NO. The Morgan fingerprint density at radius 2 is 1.94 bits per heavy atom. The first kappa shape index (κ1) is 14.2. The van der Waals surface area contributed by atoms with Crippen molar-refractivity contribution in [3.63, 3.8) is 0 Å². The third-order valence-corrected chi connectivity index (χ3v) is 3.23. The molecule has 0 saturated carbocycles. The minimum absolute atomic E-state index is 0.242. The summed E-state index contributed by atoms with van der Waals surface area (Å²) in [6.45, 7) is 9.30. The predicted octanol–water partition coefficient (Wildman–Crippen LogP) is 3.38. The second-order valence-corrected chi connectivity index (χ2v) is 4.53. The largest absolute Gasteiger partial charge is 0.377 e. The molecule has 2 unspecified atom stereocenters. The summed E-state index contributed by atoms with van der Waals surface area (Å²) in [5.74, 6) is 0. The molecule has 2 atom stereocenters. The maximum Gasteiger partial charge on any atom is 0.0766 e. The smallest absolute Gasteiger partial charge is 0.0766 e. The van der Waals surface area contributed by atoms with Crippen LogP contribution in [0.1, 0.15) is 43.0 Å². The summed E-state index contributed by atoms with van der Waals surface area (Å²) in [5.41, 5.74) is 3.99. The lowest BCUT2D eigenvalue weighted by Gasteiger charge is -2.27. The second kappa shape index (κ2) is 6.77. The number of nitrogens with one attached hydrogen (secondary N) is 1. The van der Waals surface area contributed by atoms with Crippen LogP contribution in [0.15, 0.2) is 18.2 Å². The van der Waals surface area contributed by atoms with E-state index < -0.39 is 0 Å². The van der Waals surface area contributed by atoms with Gasteiger partial charge in [0, 0.05) is 6.61 Å². The molecule has 0 aliphatic carbocycles. The van der Waals surface area contributed by atoms with Crippen LogP contribution in [0.2, 0.25) is 0 Å². The quantitative estimate of drug-likeness (QED) is 0.816. The highest BCUT2D eigenvalue weighted by Gasteiger charge is 2.21. The fraction of sp³-hybridized carbons (Fsp3) is 0.600. The molecule has 17 heavy (non-hydrogen) atoms. The Bertz CT molecular complexity index is 349. The van der Waals surface area contributed by atoms with Gasteiger partial charge in [0.15, 0.2) is 0 Å². The molecule has 96 valence electrons. The highest BCUT2D eigenvalue weighted by molar-refractivity contribution is 5.33. The molecule has 2 heteroatoms. The van der Waals surface area contributed by atoms with E-state index in [0.29, 0.717) is 0 Å². The third kappa shape index (κ3) is 3.55. The Morgan fingerprint density at radius 3 is 2.41 bits per heavy atom. The fourth-order valence-corrected chi connectivity index (χ4v) is 2.38. The summed E-state index contributed by atoms with van der Waals surface area (Å²) < 4.78 is 5.82. The van der Waals surface area contributed by atoms with Crippen molar-refractivity contribution in [2.75, 3.05) is 13.7 Å². The molecule has 1 rings (SSSR count). The number of hydrogen-bond acceptors (Lipinski definition) is 2. The lowest BCUT2D eigenvalue weighted by molar-refractivity contribution is 0.0332. The van der Waals surface area contributed by atoms with Crippen molar-refractivity contribution in [1.29, 1.82) is 0 Å². The van der Waals surface area contributed by atoms with Gasteiger partial charge in [0.05, 0.1) is 12.1 Å². The first-order valence-electron chi connectivity index (χ1n) is 6.50. The van der Waals surface area contributed by atoms with Crippen LogP contribution in [0.4, 0.5) is 0 Å². The van der Waals surface area contributed by atoms with Gasteiger partial charge >= 0.3 is 0 Å². The lowest BCUT2D eigenvalue weighted by atomic mass is 9.94. The fourth-order valence-electron chi connectivity index (χ4n) is 2.38. The van der Waals surface area contributed by atoms with Crippen molar-refractivity contribution in [3.05, 3.63) is 34.9 Å². The lowest BCUT2D eigenvalue weighted by Crippen LogP contribution is -2.32. The Kier molecular flexibility index (Phi) is 5.66. The monoisotopic (exact) mass is 235 g/mol. The van der Waals surface area contributed by atoms with Crippen LogP contribution in [-0.4, -0.2) is 19.8 Å². The Balaban J connectivity index is 2.99. The molecule has 1 aromatic carbocycles. The van der Waals surface area contributed by atoms with E-state index in [1.165, 1.54) is 16.7 Å². The predicted molar refractivity (Wildman–Crippen MR) is 73.4 cm³/mol. The van der Waals surface area contributed by atoms with Gasteiger partial charge in [0.2, 0.25) is 0 Å². The molecule has 0 aliphatic heterocycles. The van der Waals surface area contributed by atoms with E-state index in [-0.39, 0.29) is 12.1 Å². The van der Waals surface area contributed by atoms with Crippen molar-refractivity contribution in [2.45, 2.75) is 46.3 Å². The first-order chi connectivity index (χ1) is 8.13. The maximum absolute atomic E-state index is 5.82. The highest BCUT2D eigenvalue weighted by atomic mass is 16.5. The SMILES string of the molecule is CCOC(CC)C(NC)c1ccc(C)cc1C. The van der Waals surface area contributed by atoms with E-state index >= 15 is 0 Å². The van der Waals surface area contributed by atoms with Crippen LogP contribution in [-0.2, 0) is 4.74 Å². The zero-order valence-electron chi connectivity index (χ0n) is 11.7. The van der Waals surface area contributed by atoms with Crippen LogP contribution in [0.25, 0.3) is 0 Å². The van der Waals surface area contributed by atoms with E-state index in [4.69, 9.17) is 4.74 Å². The minimum Gasteiger partial charge on any atom is -0.377 e. The average Bonchev–Trinajstić information content (AvgIpc) is 2.31. The van der Waals surface area contributed by atoms with Gasteiger partial charge in [-0.1, -0.05) is 30.7 Å². The first-order valence-corrected chi connectivity index (χ1v) is 6.50. The number of likely N-dealkylation sites (N-methyl/N-ethyl adjacent to an activating group) is 1. The number of ether oxygens (including phenoxy) is 1. The van der Waals surface area contributed by atoms with Gasteiger partial charge in [-0.25, -0.2) is 0 Å². The van der Waals surface area contributed by atoms with E-state index in [2.05, 4.69) is 51.2 Å². The van der Waals surface area contributed by atoms with Crippen molar-refractivity contribution >= 4 is 0 Å². The van der Waals surface area contributed by atoms with Gasteiger partial charge in [0.25, 0.3) is 0 Å². The number of hydrogen-bond donors (Lipinski definition) is 1. The van der Waals surface area contributed by atoms with Crippen molar-refractivity contribution < 1.29 is 4.74 Å². The number of rotatable bonds is 6. The summed E-state index contributed by atoms with van der Waals surface area (Å²) in [4.78, 5) is 0. The van der Waals surface area contributed by atoms with Crippen LogP contribution < -0.4 is 5.32 Å². The van der Waals surface area contributed by atoms with Crippen LogP contribution >= 0.6 is 0 Å². The van der Waals surface area contributed by atoms with Crippen LogP contribution in [0.3, 0.4) is 0 Å². The second-order valence-electron chi connectivity index (χ2n) is 4.53. The average molecular weight is 235 g/mol. The molecular weight excluding hydrogens is 210 g/mol. The summed E-state index contributed by atoms with van der Waals surface area (Å²) in [6.07, 6.45) is 1.26. The molecule has 0 saturated heterocycles. The van der Waals surface area contributed by atoms with Gasteiger partial charge < -0.3 is 10.1 Å². The normalized spacial score (nSPS) is 14.6. The van der Waals surface area contributed by atoms with Crippen molar-refractivity contribution in [1.82, 2.24) is 5.32 Å². The van der Waals surface area contributed by atoms with E-state index in [9.17, 15) is 0 Å². The van der Waals surface area contributed by atoms with Crippen LogP contribution in [0, 0.1) is 13.8 Å². The van der Waals surface area contributed by atoms with Gasteiger partial charge in [-0.05, 0) is 45.4 Å². The molecule has 0 bridgehead atoms. The van der Waals surface area contributed by atoms with Gasteiger partial charge in [0.1, 0.15) is 0 Å². The van der Waals surface area contributed by atoms with Gasteiger partial charge in [-0.15, -0.1) is 0 Å². The third-order valence-electron chi connectivity index (χ3n) is 3.23. The standard InChI is InChI=1S/C15H25NO/c1-6-14(17-7-2)15(16-5)13-9-8-11(3)10-12(13)4/h8-10,14-16H,6-7H2,1-5H3. The minimum atomic E-state index is 0.242. The Labute approximate surface area is 105 Å². The summed E-state index contributed by atoms with van der Waals surface area (Å²) in [6, 6.07) is 6.90. The molecule has 1 aromatic rings. The van der Waals surface area contributed by atoms with E-state index in [0.717, 1.165) is 13.0 Å². The molecule has 0 fully saturated rings. The van der Waals surface area contributed by atoms with Crippen molar-refractivity contribution in [3.8, 4) is 0 Å². The molecule has 1 N–H and O–H groups in total. The topological polar surface area (TPSA) is 21.3 Å². The molecule has 0 aliphatic rings. The van der Waals surface area contributed by atoms with Gasteiger partial charge in [-0.3, -0.25) is 0 Å². The zero-order chi connectivity index (χ0) is 12.8. The van der Waals surface area contributed by atoms with E-state index in [1.807, 2.05) is 7.05 Å². The zero-order valence-corrected chi connectivity index (χ0v) is 11.7. The highest BCUT2D eigenvalue weighted by Crippen LogP contribution is 2.25. The molecule has 2 nitrogen and oxygen atoms in total. The summed E-state index contributed by atoms with van der Waals surface area (Å²) in [5, 5.41) is 3.39. The van der Waals surface area contributed by atoms with Crippen molar-refractivity contribution in [2.24, 2.45) is 0 Å². The molecule has 0 amide bonds. The molecule has 0 heterocycles. The van der Waals surface area contributed by atoms with Gasteiger partial charge in [-0.2, -0.15) is 0 Å². The number of benzene rings is 1. The van der Waals surface area contributed by atoms with E-state index in [1.54, 1.807) is 0 Å². The molecule has 0 aromatic heterocycles. The summed E-state index contributed by atoms with van der Waals surface area (Å²) in [7, 11) is 2.01. The Morgan fingerprint density at radius 1 is 1.24 bits per heavy atom. The maximum atomic E-state index is 5.82. The number of aryl methyl sites for hydroxylation is 2. The summed E-state index contributed by atoms with van der Waals surface area (Å²) >= 11 is 0. The Hall–Kier alpha value is -0.860. The molecule has 0 radical (unpaired) electrons. The van der Waals surface area contributed by atoms with Crippen LogP contribution in [0.5, 0.6) is 0 Å². The molecule has 0 spiro atoms.